The van der Waals surface area contributed by atoms with Crippen LogP contribution in [0.4, 0.5) is 0 Å². The minimum Gasteiger partial charge on any atom is -0.480 e. The van der Waals surface area contributed by atoms with E-state index in [1.807, 2.05) is 36.6 Å². The van der Waals surface area contributed by atoms with Crippen LogP contribution in [-0.4, -0.2) is 53.0 Å². The Balaban J connectivity index is 1.86. The van der Waals surface area contributed by atoms with Gasteiger partial charge in [0.25, 0.3) is 5.91 Å². The number of carboxylic acids is 1. The van der Waals surface area contributed by atoms with Crippen LogP contribution >= 0.6 is 11.8 Å². The van der Waals surface area contributed by atoms with Crippen molar-refractivity contribution in [3.05, 3.63) is 70.8 Å². The SMILES string of the molecule is CSCC[C@H](NC(=O)c1ccc(CN(C)[C@@H](CCCC=C(C)C)CC2CCCCC2)cc1-c1ccccc1C)C(=O)O. The molecule has 1 fully saturated rings. The van der Waals surface area contributed by atoms with Crippen LogP contribution in [0.3, 0.4) is 0 Å². The summed E-state index contributed by atoms with van der Waals surface area (Å²) in [7, 11) is 2.26. The maximum absolute atomic E-state index is 13.5. The number of amides is 1. The molecule has 1 amide bonds. The predicted molar refractivity (Wildman–Crippen MR) is 178 cm³/mol. The molecule has 230 valence electrons. The van der Waals surface area contributed by atoms with E-state index in [0.717, 1.165) is 35.6 Å². The van der Waals surface area contributed by atoms with Gasteiger partial charge in [0.05, 0.1) is 0 Å². The number of carboxylic acid groups (broad SMARTS) is 1. The monoisotopic (exact) mass is 592 g/mol. The number of allylic oxidation sites excluding steroid dienone is 2. The van der Waals surface area contributed by atoms with Crippen molar-refractivity contribution in [1.29, 1.82) is 0 Å². The molecule has 2 aromatic carbocycles. The van der Waals surface area contributed by atoms with Crippen molar-refractivity contribution in [3.63, 3.8) is 0 Å². The van der Waals surface area contributed by atoms with E-state index in [4.69, 9.17) is 0 Å². The summed E-state index contributed by atoms with van der Waals surface area (Å²) in [6.07, 6.45) is 16.3. The van der Waals surface area contributed by atoms with Crippen LogP contribution in [-0.2, 0) is 11.3 Å². The lowest BCUT2D eigenvalue weighted by atomic mass is 9.83. The fourth-order valence-corrected chi connectivity index (χ4v) is 6.67. The second-order valence-electron chi connectivity index (χ2n) is 12.4. The number of aliphatic carboxylic acids is 1. The van der Waals surface area contributed by atoms with Crippen LogP contribution in [0.15, 0.2) is 54.1 Å². The van der Waals surface area contributed by atoms with Crippen molar-refractivity contribution in [1.82, 2.24) is 10.2 Å². The van der Waals surface area contributed by atoms with Gasteiger partial charge in [-0.15, -0.1) is 0 Å². The lowest BCUT2D eigenvalue weighted by Crippen LogP contribution is -2.41. The highest BCUT2D eigenvalue weighted by molar-refractivity contribution is 7.98. The first-order valence-electron chi connectivity index (χ1n) is 15.7. The molecule has 2 aromatic rings. The number of carbonyl (C=O) groups excluding carboxylic acids is 1. The molecular weight excluding hydrogens is 540 g/mol. The van der Waals surface area contributed by atoms with Crippen molar-refractivity contribution in [3.8, 4) is 11.1 Å². The van der Waals surface area contributed by atoms with Gasteiger partial charge in [-0.05, 0) is 112 Å². The zero-order chi connectivity index (χ0) is 30.5. The molecule has 0 aromatic heterocycles. The number of benzene rings is 2. The maximum atomic E-state index is 13.5. The van der Waals surface area contributed by atoms with E-state index in [1.165, 1.54) is 62.5 Å². The molecule has 2 atom stereocenters. The number of nitrogens with zero attached hydrogens (tertiary/aromatic N) is 1. The Hall–Kier alpha value is -2.57. The van der Waals surface area contributed by atoms with Crippen LogP contribution in [0.2, 0.25) is 0 Å². The normalized spacial score (nSPS) is 15.3. The van der Waals surface area contributed by atoms with Gasteiger partial charge >= 0.3 is 5.97 Å². The number of unbranched alkanes of at least 4 members (excludes halogenated alkanes) is 1. The van der Waals surface area contributed by atoms with Gasteiger partial charge < -0.3 is 10.4 Å². The molecular formula is C36H52N2O3S. The zero-order valence-corrected chi connectivity index (χ0v) is 27.3. The fourth-order valence-electron chi connectivity index (χ4n) is 6.20. The van der Waals surface area contributed by atoms with Gasteiger partial charge in [0.1, 0.15) is 6.04 Å². The summed E-state index contributed by atoms with van der Waals surface area (Å²) in [6.45, 7) is 7.22. The molecule has 1 saturated carbocycles. The summed E-state index contributed by atoms with van der Waals surface area (Å²) in [5, 5.41) is 12.5. The molecule has 0 aliphatic heterocycles. The summed E-state index contributed by atoms with van der Waals surface area (Å²) in [5.74, 6) is 0.151. The summed E-state index contributed by atoms with van der Waals surface area (Å²) in [6, 6.07) is 13.8. The van der Waals surface area contributed by atoms with Gasteiger partial charge in [0.2, 0.25) is 0 Å². The van der Waals surface area contributed by atoms with E-state index in [2.05, 4.69) is 56.2 Å². The van der Waals surface area contributed by atoms with E-state index in [1.54, 1.807) is 11.8 Å². The maximum Gasteiger partial charge on any atom is 0.326 e. The highest BCUT2D eigenvalue weighted by Gasteiger charge is 2.25. The molecule has 0 spiro atoms. The molecule has 2 N–H and O–H groups in total. The number of thioether (sulfide) groups is 1. The van der Waals surface area contributed by atoms with E-state index < -0.39 is 12.0 Å². The van der Waals surface area contributed by atoms with Crippen LogP contribution in [0.25, 0.3) is 11.1 Å². The van der Waals surface area contributed by atoms with E-state index in [-0.39, 0.29) is 5.91 Å². The molecule has 3 rings (SSSR count). The largest absolute Gasteiger partial charge is 0.480 e. The van der Waals surface area contributed by atoms with Crippen LogP contribution in [0.1, 0.15) is 99.5 Å². The number of nitrogens with one attached hydrogen (secondary N) is 1. The Bertz CT molecular complexity index is 1180. The topological polar surface area (TPSA) is 69.6 Å². The number of hydrogen-bond acceptors (Lipinski definition) is 4. The summed E-state index contributed by atoms with van der Waals surface area (Å²) >= 11 is 1.58. The molecule has 1 aliphatic rings. The highest BCUT2D eigenvalue weighted by Crippen LogP contribution is 2.32. The molecule has 0 bridgehead atoms. The van der Waals surface area contributed by atoms with Gasteiger partial charge in [0.15, 0.2) is 0 Å². The Labute approximate surface area is 258 Å². The Morgan fingerprint density at radius 1 is 1.07 bits per heavy atom. The molecule has 0 saturated heterocycles. The van der Waals surface area contributed by atoms with Gasteiger partial charge in [-0.3, -0.25) is 9.69 Å². The Morgan fingerprint density at radius 3 is 2.48 bits per heavy atom. The van der Waals surface area contributed by atoms with Crippen LogP contribution in [0.5, 0.6) is 0 Å². The minimum absolute atomic E-state index is 0.337. The second kappa shape index (κ2) is 17.5. The van der Waals surface area contributed by atoms with E-state index >= 15 is 0 Å². The lowest BCUT2D eigenvalue weighted by molar-refractivity contribution is -0.139. The molecule has 42 heavy (non-hydrogen) atoms. The van der Waals surface area contributed by atoms with E-state index in [0.29, 0.717) is 23.8 Å². The third kappa shape index (κ3) is 10.6. The van der Waals surface area contributed by atoms with Gasteiger partial charge in [-0.1, -0.05) is 74.1 Å². The van der Waals surface area contributed by atoms with Crippen molar-refractivity contribution in [2.24, 2.45) is 5.92 Å². The van der Waals surface area contributed by atoms with Crippen molar-refractivity contribution in [2.75, 3.05) is 19.1 Å². The lowest BCUT2D eigenvalue weighted by Gasteiger charge is -2.33. The predicted octanol–water partition coefficient (Wildman–Crippen LogP) is 8.51. The Morgan fingerprint density at radius 2 is 1.81 bits per heavy atom. The quantitative estimate of drug-likeness (QED) is 0.151. The van der Waals surface area contributed by atoms with Crippen molar-refractivity contribution in [2.45, 2.75) is 104 Å². The fraction of sp³-hybridized carbons (Fsp3) is 0.556. The number of aryl methyl sites for hydroxylation is 1. The molecule has 5 nitrogen and oxygen atoms in total. The number of carbonyl (C=O) groups is 2. The minimum atomic E-state index is -0.998. The molecule has 0 heterocycles. The third-order valence-corrected chi connectivity index (χ3v) is 9.30. The molecule has 6 heteroatoms. The third-order valence-electron chi connectivity index (χ3n) is 8.66. The van der Waals surface area contributed by atoms with Gasteiger partial charge in [-0.2, -0.15) is 11.8 Å². The molecule has 1 aliphatic carbocycles. The first-order valence-corrected chi connectivity index (χ1v) is 17.1. The summed E-state index contributed by atoms with van der Waals surface area (Å²) in [4.78, 5) is 27.9. The average Bonchev–Trinajstić information content (AvgIpc) is 2.97. The van der Waals surface area contributed by atoms with Crippen molar-refractivity contribution < 1.29 is 14.7 Å². The first-order chi connectivity index (χ1) is 20.2. The standard InChI is InChI=1S/C36H52N2O3S/c1-26(2)13-9-11-17-30(23-28-15-7-6-8-16-28)38(4)25-29-19-20-32(33(24-29)31-18-12-10-14-27(31)3)35(39)37-34(36(40)41)21-22-42-5/h10,12-14,18-20,24,28,30,34H,6-9,11,15-17,21-23,25H2,1-5H3,(H,37,39)(H,40,41)/t30-,34-/m0/s1. The van der Waals surface area contributed by atoms with Crippen LogP contribution < -0.4 is 5.32 Å². The Kier molecular flexibility index (Phi) is 14.2. The second-order valence-corrected chi connectivity index (χ2v) is 13.3. The highest BCUT2D eigenvalue weighted by atomic mass is 32.2. The van der Waals surface area contributed by atoms with E-state index in [9.17, 15) is 14.7 Å². The molecule has 0 radical (unpaired) electrons. The smallest absolute Gasteiger partial charge is 0.326 e. The van der Waals surface area contributed by atoms with Crippen LogP contribution in [0, 0.1) is 12.8 Å². The number of hydrogen-bond donors (Lipinski definition) is 2. The van der Waals surface area contributed by atoms with Gasteiger partial charge in [0, 0.05) is 18.2 Å². The number of rotatable bonds is 16. The average molecular weight is 593 g/mol. The molecule has 0 unspecified atom stereocenters. The summed E-state index contributed by atoms with van der Waals surface area (Å²) in [5.41, 5.74) is 6.03. The van der Waals surface area contributed by atoms with Crippen molar-refractivity contribution >= 4 is 23.6 Å². The van der Waals surface area contributed by atoms with Gasteiger partial charge in [-0.25, -0.2) is 4.79 Å². The summed E-state index contributed by atoms with van der Waals surface area (Å²) < 4.78 is 0. The first kappa shape index (κ1) is 33.9. The zero-order valence-electron chi connectivity index (χ0n) is 26.5.